The summed E-state index contributed by atoms with van der Waals surface area (Å²) in [4.78, 5) is 4.26. The molecule has 0 aliphatic rings. The van der Waals surface area contributed by atoms with Crippen LogP contribution in [0.2, 0.25) is 5.15 Å². The number of H-pyrrole nitrogens is 1. The summed E-state index contributed by atoms with van der Waals surface area (Å²) in [5.41, 5.74) is 2.90. The van der Waals surface area contributed by atoms with E-state index >= 15 is 0 Å². The van der Waals surface area contributed by atoms with Crippen LogP contribution in [0.3, 0.4) is 0 Å². The highest BCUT2D eigenvalue weighted by Gasteiger charge is 2.12. The van der Waals surface area contributed by atoms with Gasteiger partial charge in [0.15, 0.2) is 5.15 Å². The van der Waals surface area contributed by atoms with Crippen LogP contribution in [-0.2, 0) is 0 Å². The van der Waals surface area contributed by atoms with Crippen molar-refractivity contribution >= 4 is 33.4 Å². The summed E-state index contributed by atoms with van der Waals surface area (Å²) >= 11 is 6.07. The first kappa shape index (κ1) is 10.1. The Labute approximate surface area is 102 Å². The zero-order chi connectivity index (χ0) is 12.0. The minimum atomic E-state index is 0.354. The van der Waals surface area contributed by atoms with E-state index in [1.165, 1.54) is 0 Å². The van der Waals surface area contributed by atoms with E-state index < -0.39 is 0 Å². The minimum absolute atomic E-state index is 0.354. The predicted molar refractivity (Wildman–Crippen MR) is 65.9 cm³/mol. The van der Waals surface area contributed by atoms with E-state index in [1.54, 1.807) is 12.1 Å². The van der Waals surface area contributed by atoms with Crippen LogP contribution >= 0.6 is 11.6 Å². The molecule has 0 spiro atoms. The maximum atomic E-state index is 8.86. The van der Waals surface area contributed by atoms with Crippen molar-refractivity contribution in [2.24, 2.45) is 0 Å². The first-order chi connectivity index (χ1) is 8.20. The Bertz CT molecular complexity index is 782. The molecule has 0 unspecified atom stereocenters. The lowest BCUT2D eigenvalue weighted by Crippen LogP contribution is -1.85. The molecule has 1 N–H and O–H groups in total. The monoisotopic (exact) mass is 242 g/mol. The van der Waals surface area contributed by atoms with Crippen molar-refractivity contribution in [1.82, 2.24) is 15.2 Å². The van der Waals surface area contributed by atoms with Crippen LogP contribution in [0.5, 0.6) is 0 Å². The van der Waals surface area contributed by atoms with Gasteiger partial charge in [0.05, 0.1) is 17.1 Å². The summed E-state index contributed by atoms with van der Waals surface area (Å²) in [6.45, 7) is 1.93. The summed E-state index contributed by atoms with van der Waals surface area (Å²) in [5, 5.41) is 18.2. The Morgan fingerprint density at radius 1 is 1.41 bits per heavy atom. The summed E-state index contributed by atoms with van der Waals surface area (Å²) in [6, 6.07) is 7.46. The third kappa shape index (κ3) is 1.37. The van der Waals surface area contributed by atoms with Crippen LogP contribution in [0.15, 0.2) is 18.2 Å². The number of nitriles is 1. The zero-order valence-corrected chi connectivity index (χ0v) is 9.71. The third-order valence-electron chi connectivity index (χ3n) is 2.76. The van der Waals surface area contributed by atoms with Crippen LogP contribution in [-0.4, -0.2) is 15.2 Å². The third-order valence-corrected chi connectivity index (χ3v) is 3.02. The molecule has 0 aliphatic heterocycles. The molecule has 4 nitrogen and oxygen atoms in total. The van der Waals surface area contributed by atoms with Gasteiger partial charge in [0, 0.05) is 16.5 Å². The SMILES string of the molecule is Cc1[nH]nc2c(Cl)nc3cc(C#N)ccc3c12. The van der Waals surface area contributed by atoms with Crippen LogP contribution < -0.4 is 0 Å². The molecule has 0 saturated heterocycles. The molecule has 0 atom stereocenters. The van der Waals surface area contributed by atoms with Crippen molar-refractivity contribution in [3.63, 3.8) is 0 Å². The molecular formula is C12H7ClN4. The largest absolute Gasteiger partial charge is 0.281 e. The average molecular weight is 243 g/mol. The van der Waals surface area contributed by atoms with Crippen molar-refractivity contribution in [2.75, 3.05) is 0 Å². The van der Waals surface area contributed by atoms with Crippen LogP contribution in [0.1, 0.15) is 11.3 Å². The van der Waals surface area contributed by atoms with Crippen molar-refractivity contribution in [3.05, 3.63) is 34.6 Å². The van der Waals surface area contributed by atoms with Gasteiger partial charge in [-0.2, -0.15) is 10.4 Å². The van der Waals surface area contributed by atoms with Gasteiger partial charge in [0.25, 0.3) is 0 Å². The molecule has 0 fully saturated rings. The van der Waals surface area contributed by atoms with Gasteiger partial charge < -0.3 is 0 Å². The topological polar surface area (TPSA) is 65.4 Å². The standard InChI is InChI=1S/C12H7ClN4/c1-6-10-8-3-2-7(5-14)4-9(8)15-12(13)11(10)17-16-6/h2-4H,1H3,(H,16,17). The molecule has 0 bridgehead atoms. The predicted octanol–water partition coefficient (Wildman–Crippen LogP) is 2.94. The van der Waals surface area contributed by atoms with E-state index in [4.69, 9.17) is 16.9 Å². The lowest BCUT2D eigenvalue weighted by Gasteiger charge is -2.01. The molecule has 3 rings (SSSR count). The molecule has 1 aromatic carbocycles. The Kier molecular flexibility index (Phi) is 2.03. The molecule has 5 heteroatoms. The number of rotatable bonds is 0. The van der Waals surface area contributed by atoms with E-state index in [9.17, 15) is 0 Å². The molecule has 0 amide bonds. The highest BCUT2D eigenvalue weighted by Crippen LogP contribution is 2.29. The number of pyridine rings is 1. The molecule has 17 heavy (non-hydrogen) atoms. The second-order valence-corrected chi connectivity index (χ2v) is 4.18. The van der Waals surface area contributed by atoms with Crippen LogP contribution in [0, 0.1) is 18.3 Å². The fourth-order valence-corrected chi connectivity index (χ4v) is 2.20. The lowest BCUT2D eigenvalue weighted by molar-refractivity contribution is 1.07. The smallest absolute Gasteiger partial charge is 0.157 e. The number of benzene rings is 1. The Hall–Kier alpha value is -2.12. The fourth-order valence-electron chi connectivity index (χ4n) is 1.97. The van der Waals surface area contributed by atoms with Crippen molar-refractivity contribution in [2.45, 2.75) is 6.92 Å². The molecule has 82 valence electrons. The van der Waals surface area contributed by atoms with E-state index in [-0.39, 0.29) is 0 Å². The lowest BCUT2D eigenvalue weighted by atomic mass is 10.1. The Morgan fingerprint density at radius 2 is 2.24 bits per heavy atom. The van der Waals surface area contributed by atoms with Gasteiger partial charge >= 0.3 is 0 Å². The van der Waals surface area contributed by atoms with Crippen LogP contribution in [0.4, 0.5) is 0 Å². The summed E-state index contributed by atoms with van der Waals surface area (Å²) < 4.78 is 0. The van der Waals surface area contributed by atoms with Crippen molar-refractivity contribution < 1.29 is 0 Å². The number of nitrogens with zero attached hydrogens (tertiary/aromatic N) is 3. The fraction of sp³-hybridized carbons (Fsp3) is 0.0833. The van der Waals surface area contributed by atoms with E-state index in [0.29, 0.717) is 21.7 Å². The first-order valence-corrected chi connectivity index (χ1v) is 5.42. The second kappa shape index (κ2) is 3.44. The Balaban J connectivity index is 2.56. The van der Waals surface area contributed by atoms with Crippen molar-refractivity contribution in [1.29, 1.82) is 5.26 Å². The minimum Gasteiger partial charge on any atom is -0.281 e. The number of hydrogen-bond donors (Lipinski definition) is 1. The molecule has 2 heterocycles. The van der Waals surface area contributed by atoms with Gasteiger partial charge in [0.1, 0.15) is 5.52 Å². The van der Waals surface area contributed by atoms with Gasteiger partial charge in [0.2, 0.25) is 0 Å². The number of hydrogen-bond acceptors (Lipinski definition) is 3. The maximum absolute atomic E-state index is 8.86. The van der Waals surface area contributed by atoms with Crippen molar-refractivity contribution in [3.8, 4) is 6.07 Å². The average Bonchev–Trinajstić information content (AvgIpc) is 2.72. The normalized spacial score (nSPS) is 10.9. The molecule has 0 saturated carbocycles. The molecular weight excluding hydrogens is 236 g/mol. The summed E-state index contributed by atoms with van der Waals surface area (Å²) in [5.74, 6) is 0. The number of halogens is 1. The highest BCUT2D eigenvalue weighted by molar-refractivity contribution is 6.35. The first-order valence-electron chi connectivity index (χ1n) is 5.05. The molecule has 0 aliphatic carbocycles. The van der Waals surface area contributed by atoms with E-state index in [2.05, 4.69) is 21.3 Å². The Morgan fingerprint density at radius 3 is 3.00 bits per heavy atom. The second-order valence-electron chi connectivity index (χ2n) is 3.82. The number of aryl methyl sites for hydroxylation is 1. The highest BCUT2D eigenvalue weighted by atomic mass is 35.5. The number of fused-ring (bicyclic) bond motifs is 3. The number of nitrogens with one attached hydrogen (secondary N) is 1. The van der Waals surface area contributed by atoms with Crippen LogP contribution in [0.25, 0.3) is 21.8 Å². The number of aromatic amines is 1. The number of aromatic nitrogens is 3. The van der Waals surface area contributed by atoms with Gasteiger partial charge in [-0.3, -0.25) is 5.10 Å². The summed E-state index contributed by atoms with van der Waals surface area (Å²) in [7, 11) is 0. The van der Waals surface area contributed by atoms with E-state index in [1.807, 2.05) is 13.0 Å². The van der Waals surface area contributed by atoms with Gasteiger partial charge in [-0.1, -0.05) is 17.7 Å². The maximum Gasteiger partial charge on any atom is 0.157 e. The van der Waals surface area contributed by atoms with Gasteiger partial charge in [-0.15, -0.1) is 0 Å². The van der Waals surface area contributed by atoms with Gasteiger partial charge in [-0.05, 0) is 19.1 Å². The molecule has 2 aromatic heterocycles. The van der Waals surface area contributed by atoms with Gasteiger partial charge in [-0.25, -0.2) is 4.98 Å². The quantitative estimate of drug-likeness (QED) is 0.617. The zero-order valence-electron chi connectivity index (χ0n) is 8.95. The summed E-state index contributed by atoms with van der Waals surface area (Å²) in [6.07, 6.45) is 0. The van der Waals surface area contributed by atoms with E-state index in [0.717, 1.165) is 16.5 Å². The molecule has 3 aromatic rings. The molecule has 0 radical (unpaired) electrons.